The Kier molecular flexibility index (Phi) is 9.69. The molecule has 3 nitrogen and oxygen atoms in total. The molecule has 0 saturated carbocycles. The summed E-state index contributed by atoms with van der Waals surface area (Å²) in [6.45, 7) is 4.77. The number of hydrogen-bond donors (Lipinski definition) is 0. The number of benzene rings is 10. The lowest BCUT2D eigenvalue weighted by molar-refractivity contribution is 0.595. The van der Waals surface area contributed by atoms with Crippen LogP contribution < -0.4 is 4.90 Å². The summed E-state index contributed by atoms with van der Waals surface area (Å²) < 4.78 is 12.7. The highest BCUT2D eigenvalue weighted by Crippen LogP contribution is 2.55. The second kappa shape index (κ2) is 16.6. The van der Waals surface area contributed by atoms with Crippen molar-refractivity contribution in [1.29, 1.82) is 0 Å². The molecule has 0 spiro atoms. The zero-order valence-electron chi connectivity index (χ0n) is 40.2. The second-order valence-electron chi connectivity index (χ2n) is 19.9. The molecular weight excluding hydrogens is 875 g/mol. The van der Waals surface area contributed by atoms with Crippen LogP contribution in [0, 0.1) is 0 Å². The van der Waals surface area contributed by atoms with Gasteiger partial charge in [0.25, 0.3) is 0 Å². The van der Waals surface area contributed by atoms with Crippen molar-refractivity contribution < 1.29 is 8.83 Å². The van der Waals surface area contributed by atoms with Gasteiger partial charge in [0.15, 0.2) is 0 Å². The largest absolute Gasteiger partial charge is 0.456 e. The molecule has 0 amide bonds. The Morgan fingerprint density at radius 2 is 0.958 bits per heavy atom. The molecule has 0 aliphatic heterocycles. The molecule has 2 aromatic heterocycles. The van der Waals surface area contributed by atoms with E-state index in [1.165, 1.54) is 72.1 Å². The number of fused-ring (bicyclic) bond motifs is 9. The molecule has 0 fully saturated rings. The molecule has 0 radical (unpaired) electrons. The van der Waals surface area contributed by atoms with Crippen LogP contribution in [0.5, 0.6) is 0 Å². The predicted molar refractivity (Wildman–Crippen MR) is 300 cm³/mol. The number of furan rings is 2. The smallest absolute Gasteiger partial charge is 0.136 e. The van der Waals surface area contributed by atoms with E-state index in [1.54, 1.807) is 0 Å². The van der Waals surface area contributed by atoms with Gasteiger partial charge in [0.05, 0.1) is 0 Å². The van der Waals surface area contributed by atoms with Crippen LogP contribution in [-0.4, -0.2) is 0 Å². The third kappa shape index (κ3) is 6.80. The summed E-state index contributed by atoms with van der Waals surface area (Å²) in [6, 6.07) is 81.9. The summed E-state index contributed by atoms with van der Waals surface area (Å²) in [7, 11) is 0. The average Bonchev–Trinajstić information content (AvgIpc) is 4.09. The van der Waals surface area contributed by atoms with Gasteiger partial charge < -0.3 is 13.7 Å². The Morgan fingerprint density at radius 1 is 0.389 bits per heavy atom. The highest BCUT2D eigenvalue weighted by atomic mass is 16.3. The average molecular weight is 924 g/mol. The molecule has 0 saturated heterocycles. The quantitative estimate of drug-likeness (QED) is 0.152. The maximum atomic E-state index is 6.36. The van der Waals surface area contributed by atoms with Crippen LogP contribution in [0.15, 0.2) is 239 Å². The number of rotatable bonds is 8. The van der Waals surface area contributed by atoms with Crippen molar-refractivity contribution in [3.05, 3.63) is 253 Å². The highest BCUT2D eigenvalue weighted by molar-refractivity contribution is 6.12. The molecule has 0 unspecified atom stereocenters. The number of para-hydroxylation sites is 1. The Morgan fingerprint density at radius 3 is 1.69 bits per heavy atom. The summed E-state index contributed by atoms with van der Waals surface area (Å²) >= 11 is 0. The standard InChI is InChI=1S/C69H49NO2/c1-69(2)60-39-34-49(41-59(60)66-58(45-18-7-4-8-19-45)42-50(43-61(66)69)44-16-5-3-6-17-44)48-20-13-21-53(40-48)70(51-35-30-46(31-36-51)54-24-14-28-64-67(54)56-22-9-11-26-62(56)71-64)52-37-32-47(33-38-52)55-25-15-29-65-68(55)57-23-10-12-27-63(57)72-65/h3-9,11-22,24-43H,10,23H2,1-2H3. The first-order valence-corrected chi connectivity index (χ1v) is 25.1. The summed E-state index contributed by atoms with van der Waals surface area (Å²) in [5.41, 5.74) is 24.4. The van der Waals surface area contributed by atoms with E-state index in [0.29, 0.717) is 0 Å². The Hall–Kier alpha value is -8.92. The Balaban J connectivity index is 0.893. The van der Waals surface area contributed by atoms with E-state index >= 15 is 0 Å². The molecule has 10 aromatic carbocycles. The topological polar surface area (TPSA) is 29.5 Å². The van der Waals surface area contributed by atoms with Crippen LogP contribution in [0.2, 0.25) is 0 Å². The van der Waals surface area contributed by atoms with Gasteiger partial charge in [0.2, 0.25) is 0 Å². The lowest BCUT2D eigenvalue weighted by Crippen LogP contribution is -2.15. The number of anilines is 3. The SMILES string of the molecule is CC1(C)c2ccc(-c3cccc(N(c4ccc(-c5cccc6oc7c(c56)CCC=C7)cc4)c4ccc(-c5cccc6oc7ccccc7c56)cc4)c3)cc2-c2c(-c3ccccc3)cc(-c3ccccc3)cc21. The maximum Gasteiger partial charge on any atom is 0.136 e. The molecule has 2 aliphatic carbocycles. The molecule has 0 atom stereocenters. The predicted octanol–water partition coefficient (Wildman–Crippen LogP) is 19.4. The van der Waals surface area contributed by atoms with Crippen molar-refractivity contribution in [2.24, 2.45) is 0 Å². The van der Waals surface area contributed by atoms with Gasteiger partial charge >= 0.3 is 0 Å². The Bertz CT molecular complexity index is 4100. The lowest BCUT2D eigenvalue weighted by Gasteiger charge is -2.26. The first-order valence-electron chi connectivity index (χ1n) is 25.1. The third-order valence-corrected chi connectivity index (χ3v) is 15.4. The van der Waals surface area contributed by atoms with E-state index in [2.05, 4.69) is 243 Å². The highest BCUT2D eigenvalue weighted by Gasteiger charge is 2.38. The molecule has 342 valence electrons. The molecule has 12 aromatic rings. The number of aryl methyl sites for hydroxylation is 1. The van der Waals surface area contributed by atoms with Crippen molar-refractivity contribution >= 4 is 56.0 Å². The first-order chi connectivity index (χ1) is 35.4. The summed E-state index contributed by atoms with van der Waals surface area (Å²) in [5.74, 6) is 0.983. The fraction of sp³-hybridized carbons (Fsp3) is 0.0725. The van der Waals surface area contributed by atoms with Crippen LogP contribution in [0.1, 0.15) is 42.7 Å². The van der Waals surface area contributed by atoms with Gasteiger partial charge in [-0.15, -0.1) is 0 Å². The van der Waals surface area contributed by atoms with Gasteiger partial charge in [0, 0.05) is 44.2 Å². The van der Waals surface area contributed by atoms with Crippen molar-refractivity contribution in [2.45, 2.75) is 32.1 Å². The monoisotopic (exact) mass is 923 g/mol. The first kappa shape index (κ1) is 42.0. The molecule has 0 bridgehead atoms. The van der Waals surface area contributed by atoms with Crippen LogP contribution in [0.25, 0.3) is 106 Å². The van der Waals surface area contributed by atoms with Gasteiger partial charge in [0.1, 0.15) is 22.5 Å². The second-order valence-corrected chi connectivity index (χ2v) is 19.9. The number of nitrogens with zero attached hydrogens (tertiary/aromatic N) is 1. The fourth-order valence-corrected chi connectivity index (χ4v) is 11.8. The van der Waals surface area contributed by atoms with Crippen LogP contribution in [0.3, 0.4) is 0 Å². The van der Waals surface area contributed by atoms with Crippen molar-refractivity contribution in [3.8, 4) is 66.8 Å². The lowest BCUT2D eigenvalue weighted by atomic mass is 9.80. The van der Waals surface area contributed by atoms with Crippen LogP contribution >= 0.6 is 0 Å². The van der Waals surface area contributed by atoms with Crippen molar-refractivity contribution in [2.75, 3.05) is 4.90 Å². The molecule has 0 N–H and O–H groups in total. The van der Waals surface area contributed by atoms with E-state index in [1.807, 2.05) is 12.1 Å². The van der Waals surface area contributed by atoms with Gasteiger partial charge in [-0.05, 0) is 170 Å². The fourth-order valence-electron chi connectivity index (χ4n) is 11.8. The number of allylic oxidation sites excluding steroid dienone is 1. The van der Waals surface area contributed by atoms with Crippen molar-refractivity contribution in [1.82, 2.24) is 0 Å². The molecule has 14 rings (SSSR count). The van der Waals surface area contributed by atoms with Crippen LogP contribution in [0.4, 0.5) is 17.1 Å². The zero-order chi connectivity index (χ0) is 47.9. The van der Waals surface area contributed by atoms with E-state index in [4.69, 9.17) is 8.83 Å². The summed E-state index contributed by atoms with van der Waals surface area (Å²) in [5, 5.41) is 3.48. The van der Waals surface area contributed by atoms with Gasteiger partial charge in [-0.1, -0.05) is 172 Å². The molecule has 72 heavy (non-hydrogen) atoms. The normalized spacial score (nSPS) is 13.4. The van der Waals surface area contributed by atoms with Gasteiger partial charge in [-0.25, -0.2) is 0 Å². The Labute approximate surface area is 419 Å². The molecule has 3 heteroatoms. The molecule has 2 heterocycles. The van der Waals surface area contributed by atoms with Gasteiger partial charge in [-0.3, -0.25) is 0 Å². The number of hydrogen-bond acceptors (Lipinski definition) is 3. The van der Waals surface area contributed by atoms with Gasteiger partial charge in [-0.2, -0.15) is 0 Å². The minimum absolute atomic E-state index is 0.190. The minimum Gasteiger partial charge on any atom is -0.456 e. The van der Waals surface area contributed by atoms with E-state index in [0.717, 1.165) is 79.9 Å². The molecular formula is C69H49NO2. The molecule has 2 aliphatic rings. The summed E-state index contributed by atoms with van der Waals surface area (Å²) in [6.07, 6.45) is 6.35. The maximum absolute atomic E-state index is 6.36. The zero-order valence-corrected chi connectivity index (χ0v) is 40.2. The summed E-state index contributed by atoms with van der Waals surface area (Å²) in [4.78, 5) is 2.39. The third-order valence-electron chi connectivity index (χ3n) is 15.4. The van der Waals surface area contributed by atoms with E-state index < -0.39 is 0 Å². The van der Waals surface area contributed by atoms with Crippen LogP contribution in [-0.2, 0) is 11.8 Å². The van der Waals surface area contributed by atoms with E-state index in [9.17, 15) is 0 Å². The van der Waals surface area contributed by atoms with E-state index in [-0.39, 0.29) is 5.41 Å². The van der Waals surface area contributed by atoms with Crippen molar-refractivity contribution in [3.63, 3.8) is 0 Å². The minimum atomic E-state index is -0.190.